The van der Waals surface area contributed by atoms with Crippen LogP contribution in [0.2, 0.25) is 0 Å². The third-order valence-electron chi connectivity index (χ3n) is 20.5. The van der Waals surface area contributed by atoms with Gasteiger partial charge in [0.05, 0.1) is 5.69 Å². The van der Waals surface area contributed by atoms with E-state index in [0.717, 1.165) is 77.3 Å². The van der Waals surface area contributed by atoms with Crippen molar-refractivity contribution in [2.75, 3.05) is 9.71 Å². The molecule has 0 spiro atoms. The van der Waals surface area contributed by atoms with Gasteiger partial charge in [-0.05, 0) is 206 Å². The van der Waals surface area contributed by atoms with E-state index in [2.05, 4.69) is 210 Å². The maximum Gasteiger partial charge on any atom is 0.333 e. The van der Waals surface area contributed by atoms with Gasteiger partial charge in [-0.25, -0.2) is 0 Å². The van der Waals surface area contributed by atoms with Crippen LogP contribution in [0.15, 0.2) is 112 Å². The highest BCUT2D eigenvalue weighted by molar-refractivity contribution is 6.94. The van der Waals surface area contributed by atoms with Crippen LogP contribution in [0.4, 0.5) is 28.4 Å². The quantitative estimate of drug-likeness (QED) is 0.161. The van der Waals surface area contributed by atoms with Crippen molar-refractivity contribution in [3.63, 3.8) is 0 Å². The largest absolute Gasteiger partial charge is 0.456 e. The summed E-state index contributed by atoms with van der Waals surface area (Å²) in [6, 6.07) is 41.2. The van der Waals surface area contributed by atoms with E-state index in [-0.39, 0.29) is 39.3 Å². The number of benzene rings is 7. The van der Waals surface area contributed by atoms with E-state index in [1.807, 2.05) is 0 Å². The van der Waals surface area contributed by atoms with Gasteiger partial charge in [0.15, 0.2) is 5.58 Å². The molecule has 4 nitrogen and oxygen atoms in total. The number of furan rings is 2. The smallest absolute Gasteiger partial charge is 0.333 e. The van der Waals surface area contributed by atoms with Gasteiger partial charge < -0.3 is 18.5 Å². The summed E-state index contributed by atoms with van der Waals surface area (Å²) in [7, 11) is 0. The lowest BCUT2D eigenvalue weighted by atomic mass is 9.42. The first-order chi connectivity index (χ1) is 36.0. The van der Waals surface area contributed by atoms with Crippen molar-refractivity contribution >= 4 is 90.1 Å². The first kappa shape index (κ1) is 48.2. The lowest BCUT2D eigenvalue weighted by Gasteiger charge is -2.49. The summed E-state index contributed by atoms with van der Waals surface area (Å²) < 4.78 is 14.6. The Labute approximate surface area is 452 Å². The first-order valence-electron chi connectivity index (χ1n) is 29.0. The molecule has 0 amide bonds. The van der Waals surface area contributed by atoms with E-state index >= 15 is 0 Å². The molecule has 7 aromatic carbocycles. The van der Waals surface area contributed by atoms with Gasteiger partial charge in [-0.1, -0.05) is 139 Å². The van der Waals surface area contributed by atoms with E-state index in [1.165, 1.54) is 119 Å². The van der Waals surface area contributed by atoms with Gasteiger partial charge in [0.1, 0.15) is 16.7 Å². The van der Waals surface area contributed by atoms with E-state index in [1.54, 1.807) is 0 Å². The molecular formula is C71H77BN2O2. The number of rotatable bonds is 5. The van der Waals surface area contributed by atoms with Crippen molar-refractivity contribution in [3.8, 4) is 11.1 Å². The minimum atomic E-state index is -0.182. The predicted octanol–water partition coefficient (Wildman–Crippen LogP) is 18.9. The van der Waals surface area contributed by atoms with Gasteiger partial charge in [-0.2, -0.15) is 0 Å². The summed E-state index contributed by atoms with van der Waals surface area (Å²) in [5.41, 5.74) is 26.7. The molecule has 0 N–H and O–H groups in total. The third-order valence-corrected chi connectivity index (χ3v) is 20.5. The van der Waals surface area contributed by atoms with Crippen LogP contribution in [-0.2, 0) is 38.9 Å². The standard InChI is InChI=1S/C71H77BN2O2/c1-15-16-19-42-22-24-43(25-23-42)74-58-40-62-46(47-35-51-55(39-61(47)75-62)71(13,14)31-27-67(51,5)6)33-45(58)48-34-49-44-20-17-18-21-60(44)76-65(49)64-63(48)72(74)56-36-52-54(70(11,12)30-28-68(52,7)8)38-59(56)73(64)57-37-53-50(32-41(57)2)66(3,4)26-29-69(53,9)10/h17-18,20-25,32-40H,15-16,19,26-31H2,1-14H3. The summed E-state index contributed by atoms with van der Waals surface area (Å²) in [4.78, 5) is 5.41. The number of fused-ring (bicyclic) bond motifs is 14. The summed E-state index contributed by atoms with van der Waals surface area (Å²) >= 11 is 0. The monoisotopic (exact) mass is 1000 g/mol. The summed E-state index contributed by atoms with van der Waals surface area (Å²) in [5, 5.41) is 4.69. The average molecular weight is 1000 g/mol. The molecule has 2 aromatic heterocycles. The second kappa shape index (κ2) is 15.7. The molecule has 0 unspecified atom stereocenters. The van der Waals surface area contributed by atoms with E-state index < -0.39 is 0 Å². The number of unbranched alkanes of at least 4 members (excludes halogenated alkanes) is 1. The molecule has 386 valence electrons. The van der Waals surface area contributed by atoms with Crippen LogP contribution in [0, 0.1) is 6.92 Å². The van der Waals surface area contributed by atoms with Crippen molar-refractivity contribution in [2.24, 2.45) is 0 Å². The zero-order chi connectivity index (χ0) is 53.0. The van der Waals surface area contributed by atoms with Crippen LogP contribution in [0.1, 0.15) is 186 Å². The molecule has 3 aliphatic carbocycles. The fraction of sp³-hybridized carbons (Fsp3) is 0.408. The molecule has 0 fully saturated rings. The lowest BCUT2D eigenvalue weighted by Crippen LogP contribution is -2.62. The molecule has 0 saturated carbocycles. The van der Waals surface area contributed by atoms with Crippen molar-refractivity contribution in [1.82, 2.24) is 0 Å². The Kier molecular flexibility index (Phi) is 9.98. The highest BCUT2D eigenvalue weighted by atomic mass is 16.3. The predicted molar refractivity (Wildman–Crippen MR) is 324 cm³/mol. The molecule has 5 heteroatoms. The number of aryl methyl sites for hydroxylation is 2. The van der Waals surface area contributed by atoms with Crippen molar-refractivity contribution in [3.05, 3.63) is 148 Å². The topological polar surface area (TPSA) is 32.8 Å². The molecule has 0 radical (unpaired) electrons. The van der Waals surface area contributed by atoms with Crippen LogP contribution in [0.3, 0.4) is 0 Å². The number of hydrogen-bond acceptors (Lipinski definition) is 4. The van der Waals surface area contributed by atoms with E-state index in [9.17, 15) is 0 Å². The zero-order valence-electron chi connectivity index (χ0n) is 48.0. The van der Waals surface area contributed by atoms with Crippen LogP contribution < -0.4 is 20.6 Å². The second-order valence-electron chi connectivity index (χ2n) is 28.3. The molecule has 14 rings (SSSR count). The van der Waals surface area contributed by atoms with Gasteiger partial charge >= 0.3 is 6.85 Å². The highest BCUT2D eigenvalue weighted by Gasteiger charge is 2.50. The molecule has 0 atom stereocenters. The maximum atomic E-state index is 7.41. The Morgan fingerprint density at radius 2 is 1.00 bits per heavy atom. The van der Waals surface area contributed by atoms with Gasteiger partial charge in [-0.15, -0.1) is 0 Å². The Balaban J connectivity index is 1.15. The van der Waals surface area contributed by atoms with E-state index in [0.29, 0.717) is 0 Å². The Morgan fingerprint density at radius 1 is 0.474 bits per heavy atom. The normalized spacial score (nSPS) is 19.8. The van der Waals surface area contributed by atoms with Gasteiger partial charge in [0.25, 0.3) is 0 Å². The maximum absolute atomic E-state index is 7.41. The van der Waals surface area contributed by atoms with Gasteiger partial charge in [0.2, 0.25) is 0 Å². The van der Waals surface area contributed by atoms with Crippen LogP contribution in [0.25, 0.3) is 55.0 Å². The fourth-order valence-corrected chi connectivity index (χ4v) is 15.3. The zero-order valence-corrected chi connectivity index (χ0v) is 48.0. The van der Waals surface area contributed by atoms with Crippen LogP contribution in [0.5, 0.6) is 0 Å². The van der Waals surface area contributed by atoms with Crippen molar-refractivity contribution in [1.29, 1.82) is 0 Å². The fourth-order valence-electron chi connectivity index (χ4n) is 15.3. The number of nitrogens with zero attached hydrogens (tertiary/aromatic N) is 2. The molecule has 0 saturated heterocycles. The summed E-state index contributed by atoms with van der Waals surface area (Å²) in [6.45, 7) is 34.0. The highest BCUT2D eigenvalue weighted by Crippen LogP contribution is 2.57. The second-order valence-corrected chi connectivity index (χ2v) is 28.3. The van der Waals surface area contributed by atoms with Crippen LogP contribution >= 0.6 is 0 Å². The molecule has 2 aliphatic heterocycles. The van der Waals surface area contributed by atoms with Gasteiger partial charge in [-0.3, -0.25) is 0 Å². The Hall–Kier alpha value is -6.20. The Morgan fingerprint density at radius 3 is 1.63 bits per heavy atom. The molecule has 9 aromatic rings. The van der Waals surface area contributed by atoms with Crippen molar-refractivity contribution < 1.29 is 8.83 Å². The first-order valence-corrected chi connectivity index (χ1v) is 29.0. The minimum absolute atomic E-state index is 0.00504. The summed E-state index contributed by atoms with van der Waals surface area (Å²) in [5.74, 6) is 0. The number of para-hydroxylation sites is 1. The third kappa shape index (κ3) is 6.75. The van der Waals surface area contributed by atoms with Crippen molar-refractivity contribution in [2.45, 2.75) is 187 Å². The van der Waals surface area contributed by atoms with Gasteiger partial charge in [0, 0.05) is 55.9 Å². The molecule has 0 bridgehead atoms. The minimum Gasteiger partial charge on any atom is -0.456 e. The molecule has 76 heavy (non-hydrogen) atoms. The molecule has 4 heterocycles. The molecule has 5 aliphatic rings. The number of hydrogen-bond donors (Lipinski definition) is 0. The molecular weight excluding hydrogens is 924 g/mol. The number of anilines is 5. The summed E-state index contributed by atoms with van der Waals surface area (Å²) in [6.07, 6.45) is 10.4. The average Bonchev–Trinajstić information content (AvgIpc) is 3.97. The lowest BCUT2D eigenvalue weighted by molar-refractivity contribution is 0.331. The van der Waals surface area contributed by atoms with Crippen LogP contribution in [-0.4, -0.2) is 6.85 Å². The Bertz CT molecular complexity index is 3960. The SMILES string of the molecule is CCCCc1ccc(N2B3c4cc5c(cc4N(c4cc6c(cc4C)C(C)(C)CCC6(C)C)c4c3c(cc3c4oc4ccccc43)-c3cc4c(cc32)oc2cc3c(cc24)C(C)(C)CCC3(C)C)C(C)(C)CCC5(C)C)cc1. The van der Waals surface area contributed by atoms with E-state index in [4.69, 9.17) is 8.83 Å².